The van der Waals surface area contributed by atoms with Crippen molar-refractivity contribution >= 4 is 11.4 Å². The minimum atomic E-state index is -0.162. The first-order valence-corrected chi connectivity index (χ1v) is 16.0. The standard InChI is InChI=1S/C36H41N7O3/c1-3-28(2)34-25-36(44)42(27-37-34)32-11-9-30(10-12-32)40-19-21-41(22-20-40)31-13-15-33(16-14-31)45-23-24-46-35(26-43-38-17-18-39-43)29-7-5-4-6-8-29/h4-18,25,27-28,35H,3,19-24,26H2,1-2H3. The molecule has 10 heteroatoms. The van der Waals surface area contributed by atoms with Crippen molar-refractivity contribution in [1.29, 1.82) is 0 Å². The van der Waals surface area contributed by atoms with E-state index in [0.717, 1.165) is 61.0 Å². The van der Waals surface area contributed by atoms with Crippen LogP contribution in [0.25, 0.3) is 5.69 Å². The smallest absolute Gasteiger partial charge is 0.258 e. The SMILES string of the molecule is CCC(C)c1cc(=O)n(-c2ccc(N3CCN(c4ccc(OCCOC(Cn5nccn5)c5ccccc5)cc4)CC3)cc2)cn1. The highest BCUT2D eigenvalue weighted by atomic mass is 16.5. The Balaban J connectivity index is 0.969. The lowest BCUT2D eigenvalue weighted by atomic mass is 10.1. The summed E-state index contributed by atoms with van der Waals surface area (Å²) in [7, 11) is 0. The van der Waals surface area contributed by atoms with Gasteiger partial charge in [0.15, 0.2) is 0 Å². The summed E-state index contributed by atoms with van der Waals surface area (Å²) in [5.41, 5.74) is 5.04. The van der Waals surface area contributed by atoms with Crippen molar-refractivity contribution in [3.8, 4) is 11.4 Å². The molecule has 3 aromatic carbocycles. The van der Waals surface area contributed by atoms with E-state index in [1.807, 2.05) is 42.5 Å². The van der Waals surface area contributed by atoms with Gasteiger partial charge in [0.2, 0.25) is 0 Å². The molecule has 1 aliphatic rings. The average molecular weight is 620 g/mol. The zero-order valence-corrected chi connectivity index (χ0v) is 26.5. The molecule has 2 unspecified atom stereocenters. The van der Waals surface area contributed by atoms with E-state index in [9.17, 15) is 4.79 Å². The highest BCUT2D eigenvalue weighted by Gasteiger charge is 2.18. The Labute approximate surface area is 269 Å². The molecule has 0 amide bonds. The normalized spacial score (nSPS) is 14.7. The summed E-state index contributed by atoms with van der Waals surface area (Å²) in [4.78, 5) is 23.7. The molecule has 1 aliphatic heterocycles. The zero-order chi connectivity index (χ0) is 31.7. The number of hydrogen-bond acceptors (Lipinski definition) is 8. The van der Waals surface area contributed by atoms with E-state index < -0.39 is 0 Å². The minimum Gasteiger partial charge on any atom is -0.491 e. The van der Waals surface area contributed by atoms with Gasteiger partial charge in [0.05, 0.1) is 36.9 Å². The van der Waals surface area contributed by atoms with Gasteiger partial charge in [-0.05, 0) is 66.4 Å². The summed E-state index contributed by atoms with van der Waals surface area (Å²) in [6, 6.07) is 28.2. The van der Waals surface area contributed by atoms with E-state index in [0.29, 0.717) is 19.8 Å². The number of benzene rings is 3. The molecule has 0 N–H and O–H groups in total. The van der Waals surface area contributed by atoms with Gasteiger partial charge in [-0.25, -0.2) is 4.98 Å². The number of hydrogen-bond donors (Lipinski definition) is 0. The minimum absolute atomic E-state index is 0.0488. The summed E-state index contributed by atoms with van der Waals surface area (Å²) in [5, 5.41) is 8.45. The lowest BCUT2D eigenvalue weighted by Gasteiger charge is -2.37. The van der Waals surface area contributed by atoms with E-state index in [1.165, 1.54) is 5.69 Å². The molecule has 2 atom stereocenters. The van der Waals surface area contributed by atoms with Crippen molar-refractivity contribution in [1.82, 2.24) is 24.5 Å². The first kappa shape index (κ1) is 31.0. The van der Waals surface area contributed by atoms with E-state index in [-0.39, 0.29) is 17.6 Å². The number of nitrogens with zero attached hydrogens (tertiary/aromatic N) is 7. The molecule has 3 heterocycles. The summed E-state index contributed by atoms with van der Waals surface area (Å²) in [6.07, 6.45) is 5.78. The largest absolute Gasteiger partial charge is 0.491 e. The Kier molecular flexibility index (Phi) is 10.0. The van der Waals surface area contributed by atoms with Crippen molar-refractivity contribution in [3.05, 3.63) is 125 Å². The highest BCUT2D eigenvalue weighted by Crippen LogP contribution is 2.24. The number of ether oxygens (including phenoxy) is 2. The van der Waals surface area contributed by atoms with Crippen molar-refractivity contribution in [3.63, 3.8) is 0 Å². The van der Waals surface area contributed by atoms with E-state index in [1.54, 1.807) is 34.2 Å². The average Bonchev–Trinajstić information content (AvgIpc) is 3.63. The first-order valence-electron chi connectivity index (χ1n) is 16.0. The molecule has 238 valence electrons. The zero-order valence-electron chi connectivity index (χ0n) is 26.5. The molecular formula is C36H41N7O3. The Morgan fingerprint density at radius 1 is 0.783 bits per heavy atom. The van der Waals surface area contributed by atoms with Gasteiger partial charge in [-0.2, -0.15) is 15.0 Å². The maximum Gasteiger partial charge on any atom is 0.258 e. The Morgan fingerprint density at radius 2 is 1.39 bits per heavy atom. The molecule has 2 aromatic heterocycles. The fourth-order valence-corrected chi connectivity index (χ4v) is 5.65. The molecule has 1 saturated heterocycles. The second-order valence-corrected chi connectivity index (χ2v) is 11.5. The predicted octanol–water partition coefficient (Wildman–Crippen LogP) is 5.50. The Hall–Kier alpha value is -4.96. The molecular weight excluding hydrogens is 578 g/mol. The van der Waals surface area contributed by atoms with Crippen LogP contribution >= 0.6 is 0 Å². The van der Waals surface area contributed by atoms with Crippen LogP contribution in [0.15, 0.2) is 108 Å². The predicted molar refractivity (Wildman–Crippen MR) is 180 cm³/mol. The molecule has 1 fully saturated rings. The summed E-state index contributed by atoms with van der Waals surface area (Å²) >= 11 is 0. The molecule has 6 rings (SSSR count). The van der Waals surface area contributed by atoms with Gasteiger partial charge in [0, 0.05) is 43.6 Å². The van der Waals surface area contributed by atoms with E-state index >= 15 is 0 Å². The number of aromatic nitrogens is 5. The summed E-state index contributed by atoms with van der Waals surface area (Å²) in [5.74, 6) is 1.09. The van der Waals surface area contributed by atoms with Crippen molar-refractivity contribution in [2.75, 3.05) is 49.2 Å². The van der Waals surface area contributed by atoms with Gasteiger partial charge in [-0.15, -0.1) is 0 Å². The van der Waals surface area contributed by atoms with Crippen molar-refractivity contribution < 1.29 is 9.47 Å². The van der Waals surface area contributed by atoms with Crippen LogP contribution in [0.3, 0.4) is 0 Å². The maximum absolute atomic E-state index is 12.7. The molecule has 5 aromatic rings. The van der Waals surface area contributed by atoms with Crippen LogP contribution in [0.1, 0.15) is 43.5 Å². The van der Waals surface area contributed by atoms with Crippen LogP contribution < -0.4 is 20.1 Å². The maximum atomic E-state index is 12.7. The van der Waals surface area contributed by atoms with Gasteiger partial charge in [-0.1, -0.05) is 44.2 Å². The lowest BCUT2D eigenvalue weighted by Crippen LogP contribution is -2.46. The molecule has 0 radical (unpaired) electrons. The molecule has 46 heavy (non-hydrogen) atoms. The van der Waals surface area contributed by atoms with E-state index in [4.69, 9.17) is 9.47 Å². The third-order valence-electron chi connectivity index (χ3n) is 8.56. The lowest BCUT2D eigenvalue weighted by molar-refractivity contribution is 0.0182. The van der Waals surface area contributed by atoms with Gasteiger partial charge in [-0.3, -0.25) is 9.36 Å². The molecule has 0 bridgehead atoms. The van der Waals surface area contributed by atoms with Gasteiger partial charge < -0.3 is 19.3 Å². The van der Waals surface area contributed by atoms with Crippen LogP contribution in [-0.2, 0) is 11.3 Å². The number of piperazine rings is 1. The van der Waals surface area contributed by atoms with Crippen LogP contribution in [0.4, 0.5) is 11.4 Å². The molecule has 0 aliphatic carbocycles. The molecule has 0 spiro atoms. The molecule has 0 saturated carbocycles. The first-order chi connectivity index (χ1) is 22.6. The van der Waals surface area contributed by atoms with Crippen molar-refractivity contribution in [2.45, 2.75) is 38.8 Å². The van der Waals surface area contributed by atoms with Crippen molar-refractivity contribution in [2.24, 2.45) is 0 Å². The van der Waals surface area contributed by atoms with Crippen LogP contribution in [0, 0.1) is 0 Å². The third-order valence-corrected chi connectivity index (χ3v) is 8.56. The van der Waals surface area contributed by atoms with Gasteiger partial charge in [0.25, 0.3) is 5.56 Å². The summed E-state index contributed by atoms with van der Waals surface area (Å²) in [6.45, 7) is 9.29. The van der Waals surface area contributed by atoms with Crippen LogP contribution in [-0.4, -0.2) is 63.9 Å². The number of rotatable bonds is 13. The van der Waals surface area contributed by atoms with E-state index in [2.05, 4.69) is 75.2 Å². The second-order valence-electron chi connectivity index (χ2n) is 11.5. The topological polar surface area (TPSA) is 90.5 Å². The fourth-order valence-electron chi connectivity index (χ4n) is 5.65. The molecule has 10 nitrogen and oxygen atoms in total. The highest BCUT2D eigenvalue weighted by molar-refractivity contribution is 5.54. The Morgan fingerprint density at radius 3 is 2.00 bits per heavy atom. The summed E-state index contributed by atoms with van der Waals surface area (Å²) < 4.78 is 13.8. The monoisotopic (exact) mass is 619 g/mol. The quantitative estimate of drug-likeness (QED) is 0.160. The number of anilines is 2. The van der Waals surface area contributed by atoms with Crippen LogP contribution in [0.2, 0.25) is 0 Å². The van der Waals surface area contributed by atoms with Gasteiger partial charge in [0.1, 0.15) is 24.8 Å². The third kappa shape index (κ3) is 7.63. The Bertz CT molecular complexity index is 1700. The second kappa shape index (κ2) is 14.9. The van der Waals surface area contributed by atoms with Gasteiger partial charge >= 0.3 is 0 Å². The fraction of sp³-hybridized carbons (Fsp3) is 0.333. The van der Waals surface area contributed by atoms with Crippen LogP contribution in [0.5, 0.6) is 5.75 Å².